The summed E-state index contributed by atoms with van der Waals surface area (Å²) in [4.78, 5) is 17.0. The number of hydrogen-bond donors (Lipinski definition) is 1. The van der Waals surface area contributed by atoms with E-state index in [0.29, 0.717) is 13.0 Å². The minimum atomic E-state index is -0.732. The van der Waals surface area contributed by atoms with Crippen LogP contribution in [0.15, 0.2) is 6.33 Å². The first kappa shape index (κ1) is 9.39. The van der Waals surface area contributed by atoms with Crippen LogP contribution in [0.2, 0.25) is 0 Å². The first-order valence-electron chi connectivity index (χ1n) is 4.37. The molecule has 1 N–H and O–H groups in total. The molecule has 1 fully saturated rings. The Morgan fingerprint density at radius 1 is 1.79 bits per heavy atom. The molecule has 0 saturated carbocycles. The lowest BCUT2D eigenvalue weighted by atomic mass is 9.90. The summed E-state index contributed by atoms with van der Waals surface area (Å²) in [5.41, 5.74) is -0.633. The number of aromatic nitrogens is 2. The molecule has 0 spiro atoms. The molecule has 76 valence electrons. The molecule has 0 bridgehead atoms. The van der Waals surface area contributed by atoms with Crippen LogP contribution in [0.4, 0.5) is 5.13 Å². The number of carboxylic acid groups (broad SMARTS) is 1. The minimum Gasteiger partial charge on any atom is -0.481 e. The van der Waals surface area contributed by atoms with Gasteiger partial charge in [-0.25, -0.2) is 4.98 Å². The van der Waals surface area contributed by atoms with E-state index in [4.69, 9.17) is 5.11 Å². The SMILES string of the molecule is CC1(C(=O)O)CCN(c2ncns2)C1. The Morgan fingerprint density at radius 2 is 2.57 bits per heavy atom. The van der Waals surface area contributed by atoms with Crippen molar-refractivity contribution >= 4 is 22.6 Å². The van der Waals surface area contributed by atoms with Crippen molar-refractivity contribution in [2.24, 2.45) is 5.41 Å². The second kappa shape index (κ2) is 3.20. The number of anilines is 1. The Kier molecular flexibility index (Phi) is 2.14. The molecule has 1 saturated heterocycles. The second-order valence-electron chi connectivity index (χ2n) is 3.76. The topological polar surface area (TPSA) is 66.3 Å². The molecule has 2 rings (SSSR count). The van der Waals surface area contributed by atoms with Gasteiger partial charge in [-0.1, -0.05) is 0 Å². The highest BCUT2D eigenvalue weighted by Crippen LogP contribution is 2.33. The van der Waals surface area contributed by atoms with Gasteiger partial charge in [-0.05, 0) is 13.3 Å². The fourth-order valence-corrected chi connectivity index (χ4v) is 2.16. The summed E-state index contributed by atoms with van der Waals surface area (Å²) in [5, 5.41) is 9.84. The van der Waals surface area contributed by atoms with Crippen molar-refractivity contribution in [2.75, 3.05) is 18.0 Å². The van der Waals surface area contributed by atoms with Crippen LogP contribution in [0, 0.1) is 5.41 Å². The molecule has 5 nitrogen and oxygen atoms in total. The van der Waals surface area contributed by atoms with Crippen molar-refractivity contribution in [1.29, 1.82) is 0 Å². The van der Waals surface area contributed by atoms with Crippen LogP contribution in [0.25, 0.3) is 0 Å². The van der Waals surface area contributed by atoms with Crippen LogP contribution in [0.1, 0.15) is 13.3 Å². The van der Waals surface area contributed by atoms with Gasteiger partial charge in [0, 0.05) is 24.6 Å². The fraction of sp³-hybridized carbons (Fsp3) is 0.625. The van der Waals surface area contributed by atoms with E-state index in [9.17, 15) is 4.79 Å². The molecule has 14 heavy (non-hydrogen) atoms. The van der Waals surface area contributed by atoms with Gasteiger partial charge in [-0.2, -0.15) is 4.37 Å². The highest BCUT2D eigenvalue weighted by molar-refractivity contribution is 7.09. The maximum Gasteiger partial charge on any atom is 0.311 e. The van der Waals surface area contributed by atoms with Crippen LogP contribution in [0.3, 0.4) is 0 Å². The van der Waals surface area contributed by atoms with E-state index in [1.54, 1.807) is 6.92 Å². The van der Waals surface area contributed by atoms with Gasteiger partial charge in [0.25, 0.3) is 0 Å². The smallest absolute Gasteiger partial charge is 0.311 e. The van der Waals surface area contributed by atoms with Crippen molar-refractivity contribution < 1.29 is 9.90 Å². The predicted octanol–water partition coefficient (Wildman–Crippen LogP) is 0.839. The molecule has 6 heteroatoms. The van der Waals surface area contributed by atoms with E-state index in [1.165, 1.54) is 17.9 Å². The summed E-state index contributed by atoms with van der Waals surface area (Å²) in [6.45, 7) is 3.05. The summed E-state index contributed by atoms with van der Waals surface area (Å²) >= 11 is 1.30. The van der Waals surface area contributed by atoms with Crippen LogP contribution >= 0.6 is 11.5 Å². The molecular weight excluding hydrogens is 202 g/mol. The Balaban J connectivity index is 2.12. The van der Waals surface area contributed by atoms with Crippen LogP contribution in [-0.4, -0.2) is 33.5 Å². The number of hydrogen-bond acceptors (Lipinski definition) is 5. The van der Waals surface area contributed by atoms with Crippen LogP contribution < -0.4 is 4.90 Å². The molecule has 1 aromatic rings. The molecule has 2 heterocycles. The Morgan fingerprint density at radius 3 is 3.07 bits per heavy atom. The normalized spacial score (nSPS) is 26.8. The summed E-state index contributed by atoms with van der Waals surface area (Å²) in [6, 6.07) is 0. The summed E-state index contributed by atoms with van der Waals surface area (Å²) < 4.78 is 3.90. The van der Waals surface area contributed by atoms with Crippen molar-refractivity contribution in [3.8, 4) is 0 Å². The predicted molar refractivity (Wildman–Crippen MR) is 52.5 cm³/mol. The fourth-order valence-electron chi connectivity index (χ4n) is 1.61. The number of carbonyl (C=O) groups is 1. The van der Waals surface area contributed by atoms with E-state index >= 15 is 0 Å². The van der Waals surface area contributed by atoms with Crippen molar-refractivity contribution in [2.45, 2.75) is 13.3 Å². The number of rotatable bonds is 2. The standard InChI is InChI=1S/C8H11N3O2S/c1-8(6(12)13)2-3-11(4-8)7-9-5-10-14-7/h5H,2-4H2,1H3,(H,12,13). The van der Waals surface area contributed by atoms with Crippen molar-refractivity contribution in [3.63, 3.8) is 0 Å². The van der Waals surface area contributed by atoms with Gasteiger partial charge in [-0.3, -0.25) is 4.79 Å². The maximum atomic E-state index is 11.0. The van der Waals surface area contributed by atoms with E-state index < -0.39 is 11.4 Å². The van der Waals surface area contributed by atoms with Gasteiger partial charge in [0.15, 0.2) is 0 Å². The summed E-state index contributed by atoms with van der Waals surface area (Å²) in [7, 11) is 0. The van der Waals surface area contributed by atoms with Crippen LogP contribution in [-0.2, 0) is 4.79 Å². The molecular formula is C8H11N3O2S. The van der Waals surface area contributed by atoms with Gasteiger partial charge in [0.2, 0.25) is 5.13 Å². The van der Waals surface area contributed by atoms with Crippen molar-refractivity contribution in [3.05, 3.63) is 6.33 Å². The van der Waals surface area contributed by atoms with Crippen molar-refractivity contribution in [1.82, 2.24) is 9.36 Å². The molecule has 1 aromatic heterocycles. The van der Waals surface area contributed by atoms with Gasteiger partial charge >= 0.3 is 5.97 Å². The van der Waals surface area contributed by atoms with Gasteiger partial charge in [0.05, 0.1) is 5.41 Å². The van der Waals surface area contributed by atoms with Gasteiger partial charge < -0.3 is 10.0 Å². The number of carboxylic acids is 1. The molecule has 1 unspecified atom stereocenters. The molecule has 0 radical (unpaired) electrons. The lowest BCUT2D eigenvalue weighted by molar-refractivity contribution is -0.146. The largest absolute Gasteiger partial charge is 0.481 e. The Bertz CT molecular complexity index is 340. The number of aliphatic carboxylic acids is 1. The van der Waals surface area contributed by atoms with Crippen LogP contribution in [0.5, 0.6) is 0 Å². The third kappa shape index (κ3) is 1.45. The van der Waals surface area contributed by atoms with E-state index in [1.807, 2.05) is 4.90 Å². The Labute approximate surface area is 85.6 Å². The monoisotopic (exact) mass is 213 g/mol. The zero-order chi connectivity index (χ0) is 10.2. The van der Waals surface area contributed by atoms with E-state index in [0.717, 1.165) is 11.7 Å². The third-order valence-electron chi connectivity index (χ3n) is 2.61. The molecule has 1 aliphatic heterocycles. The van der Waals surface area contributed by atoms with Gasteiger partial charge in [-0.15, -0.1) is 0 Å². The summed E-state index contributed by atoms with van der Waals surface area (Å²) in [6.07, 6.45) is 2.17. The number of nitrogens with zero attached hydrogens (tertiary/aromatic N) is 3. The molecule has 0 amide bonds. The van der Waals surface area contributed by atoms with Gasteiger partial charge in [0.1, 0.15) is 6.33 Å². The first-order chi connectivity index (χ1) is 6.62. The molecule has 1 aliphatic rings. The molecule has 0 aliphatic carbocycles. The van der Waals surface area contributed by atoms with E-state index in [2.05, 4.69) is 9.36 Å². The average molecular weight is 213 g/mol. The molecule has 1 atom stereocenters. The zero-order valence-corrected chi connectivity index (χ0v) is 8.62. The first-order valence-corrected chi connectivity index (χ1v) is 5.14. The lowest BCUT2D eigenvalue weighted by Crippen LogP contribution is -2.31. The summed E-state index contributed by atoms with van der Waals surface area (Å²) in [5.74, 6) is -0.732. The highest BCUT2D eigenvalue weighted by atomic mass is 32.1. The third-order valence-corrected chi connectivity index (χ3v) is 3.34. The Hall–Kier alpha value is -1.17. The zero-order valence-electron chi connectivity index (χ0n) is 7.80. The maximum absolute atomic E-state index is 11.0. The highest BCUT2D eigenvalue weighted by Gasteiger charge is 2.41. The second-order valence-corrected chi connectivity index (χ2v) is 4.52. The average Bonchev–Trinajstić information content (AvgIpc) is 2.72. The molecule has 0 aromatic carbocycles. The van der Waals surface area contributed by atoms with E-state index in [-0.39, 0.29) is 0 Å². The minimum absolute atomic E-state index is 0.525. The lowest BCUT2D eigenvalue weighted by Gasteiger charge is -2.18. The quantitative estimate of drug-likeness (QED) is 0.788.